The maximum Gasteiger partial charge on any atom is 0.230 e. The van der Waals surface area contributed by atoms with Gasteiger partial charge in [-0.05, 0) is 53.9 Å². The van der Waals surface area contributed by atoms with Gasteiger partial charge in [0.15, 0.2) is 0 Å². The Morgan fingerprint density at radius 2 is 2.00 bits per heavy atom. The summed E-state index contributed by atoms with van der Waals surface area (Å²) in [7, 11) is 0. The lowest BCUT2D eigenvalue weighted by atomic mass is 9.89. The highest BCUT2D eigenvalue weighted by atomic mass is 79.9. The monoisotopic (exact) mass is 345 g/mol. The van der Waals surface area contributed by atoms with E-state index in [1.165, 1.54) is 0 Å². The Morgan fingerprint density at radius 3 is 2.53 bits per heavy atom. The van der Waals surface area contributed by atoms with Crippen LogP contribution < -0.4 is 5.32 Å². The summed E-state index contributed by atoms with van der Waals surface area (Å²) in [5.74, 6) is 0.0750. The van der Waals surface area contributed by atoms with Crippen LogP contribution in [0.2, 0.25) is 5.02 Å². The van der Waals surface area contributed by atoms with E-state index in [0.29, 0.717) is 5.02 Å². The summed E-state index contributed by atoms with van der Waals surface area (Å²) in [6.07, 6.45) is 0.0514. The average molecular weight is 347 g/mol. The van der Waals surface area contributed by atoms with Gasteiger partial charge in [0, 0.05) is 9.50 Å². The van der Waals surface area contributed by atoms with Gasteiger partial charge in [-0.1, -0.05) is 18.5 Å². The topological polar surface area (TPSA) is 38.3 Å². The fraction of sp³-hybridized carbons (Fsp3) is 0.500. The molecule has 4 unspecified atom stereocenters. The zero-order valence-electron chi connectivity index (χ0n) is 11.1. The smallest absolute Gasteiger partial charge is 0.230 e. The minimum absolute atomic E-state index is 0.00706. The van der Waals surface area contributed by atoms with Crippen molar-refractivity contribution in [3.8, 4) is 0 Å². The molecule has 0 bridgehead atoms. The molecule has 3 nitrogen and oxygen atoms in total. The molecular formula is C14H17BrClNO2. The van der Waals surface area contributed by atoms with Crippen molar-refractivity contribution in [2.45, 2.75) is 33.0 Å². The summed E-state index contributed by atoms with van der Waals surface area (Å²) < 4.78 is 6.48. The van der Waals surface area contributed by atoms with E-state index in [2.05, 4.69) is 28.2 Å². The predicted octanol–water partition coefficient (Wildman–Crippen LogP) is 4.10. The second-order valence-corrected chi connectivity index (χ2v) is 6.34. The van der Waals surface area contributed by atoms with Crippen LogP contribution in [0.1, 0.15) is 20.8 Å². The largest absolute Gasteiger partial charge is 0.374 e. The van der Waals surface area contributed by atoms with E-state index >= 15 is 0 Å². The lowest BCUT2D eigenvalue weighted by molar-refractivity contribution is -0.121. The van der Waals surface area contributed by atoms with Crippen molar-refractivity contribution in [1.82, 2.24) is 0 Å². The standard InChI is InChI=1S/C14H17BrClNO2/c1-7-8(2)19-9(3)13(7)14(18)17-12-5-4-10(16)6-11(12)15/h4-9,13H,1-3H3,(H,17,18). The molecule has 1 aliphatic rings. The van der Waals surface area contributed by atoms with Crippen molar-refractivity contribution >= 4 is 39.1 Å². The van der Waals surface area contributed by atoms with E-state index in [4.69, 9.17) is 16.3 Å². The van der Waals surface area contributed by atoms with Crippen LogP contribution in [0.25, 0.3) is 0 Å². The van der Waals surface area contributed by atoms with Gasteiger partial charge in [0.1, 0.15) is 0 Å². The van der Waals surface area contributed by atoms with Crippen molar-refractivity contribution in [1.29, 1.82) is 0 Å². The summed E-state index contributed by atoms with van der Waals surface area (Å²) in [6.45, 7) is 6.00. The highest BCUT2D eigenvalue weighted by molar-refractivity contribution is 9.10. The third kappa shape index (κ3) is 3.12. The Balaban J connectivity index is 2.13. The molecule has 2 rings (SSSR count). The molecule has 0 aliphatic carbocycles. The van der Waals surface area contributed by atoms with Crippen LogP contribution in [-0.2, 0) is 9.53 Å². The molecule has 1 N–H and O–H groups in total. The Bertz CT molecular complexity index is 494. The van der Waals surface area contributed by atoms with E-state index < -0.39 is 0 Å². The van der Waals surface area contributed by atoms with Gasteiger partial charge in [0.05, 0.1) is 23.8 Å². The predicted molar refractivity (Wildman–Crippen MR) is 80.4 cm³/mol. The first-order valence-corrected chi connectivity index (χ1v) is 7.48. The molecule has 4 atom stereocenters. The first kappa shape index (κ1) is 14.8. The molecule has 0 spiro atoms. The second-order valence-electron chi connectivity index (χ2n) is 5.04. The van der Waals surface area contributed by atoms with E-state index in [0.717, 1.165) is 10.2 Å². The van der Waals surface area contributed by atoms with Gasteiger partial charge in [-0.2, -0.15) is 0 Å². The Labute approximate surface area is 126 Å². The first-order chi connectivity index (χ1) is 8.90. The van der Waals surface area contributed by atoms with Crippen LogP contribution in [0.3, 0.4) is 0 Å². The Morgan fingerprint density at radius 1 is 1.32 bits per heavy atom. The van der Waals surface area contributed by atoms with Crippen molar-refractivity contribution in [3.05, 3.63) is 27.7 Å². The lowest BCUT2D eigenvalue weighted by Gasteiger charge is -2.18. The number of hydrogen-bond acceptors (Lipinski definition) is 2. The molecule has 5 heteroatoms. The molecular weight excluding hydrogens is 330 g/mol. The minimum Gasteiger partial charge on any atom is -0.374 e. The van der Waals surface area contributed by atoms with Gasteiger partial charge in [-0.3, -0.25) is 4.79 Å². The molecule has 104 valence electrons. The number of rotatable bonds is 2. The number of nitrogens with one attached hydrogen (secondary N) is 1. The highest BCUT2D eigenvalue weighted by Gasteiger charge is 2.41. The quantitative estimate of drug-likeness (QED) is 0.875. The van der Waals surface area contributed by atoms with E-state index in [9.17, 15) is 4.79 Å². The van der Waals surface area contributed by atoms with Gasteiger partial charge in [0.25, 0.3) is 0 Å². The summed E-state index contributed by atoms with van der Waals surface area (Å²) in [6, 6.07) is 5.30. The molecule has 1 fully saturated rings. The normalized spacial score (nSPS) is 30.4. The van der Waals surface area contributed by atoms with Crippen molar-refractivity contribution in [3.63, 3.8) is 0 Å². The van der Waals surface area contributed by atoms with E-state index in [1.807, 2.05) is 13.8 Å². The maximum atomic E-state index is 12.4. The fourth-order valence-electron chi connectivity index (χ4n) is 2.53. The van der Waals surface area contributed by atoms with Crippen molar-refractivity contribution in [2.24, 2.45) is 11.8 Å². The van der Waals surface area contributed by atoms with Crippen LogP contribution in [0.5, 0.6) is 0 Å². The summed E-state index contributed by atoms with van der Waals surface area (Å²) in [5.41, 5.74) is 0.730. The summed E-state index contributed by atoms with van der Waals surface area (Å²) in [4.78, 5) is 12.4. The third-order valence-corrected chi connectivity index (χ3v) is 4.62. The average Bonchev–Trinajstić information content (AvgIpc) is 2.57. The minimum atomic E-state index is -0.127. The molecule has 1 amide bonds. The van der Waals surface area contributed by atoms with Crippen LogP contribution in [0.4, 0.5) is 5.69 Å². The number of carbonyl (C=O) groups is 1. The zero-order valence-corrected chi connectivity index (χ0v) is 13.5. The highest BCUT2D eigenvalue weighted by Crippen LogP contribution is 2.34. The number of hydrogen-bond donors (Lipinski definition) is 1. The summed E-state index contributed by atoms with van der Waals surface area (Å²) in [5, 5.41) is 3.57. The lowest BCUT2D eigenvalue weighted by Crippen LogP contribution is -2.32. The number of benzene rings is 1. The molecule has 19 heavy (non-hydrogen) atoms. The molecule has 1 aromatic rings. The Kier molecular flexibility index (Phi) is 4.54. The van der Waals surface area contributed by atoms with Crippen LogP contribution >= 0.6 is 27.5 Å². The molecule has 1 heterocycles. The van der Waals surface area contributed by atoms with Gasteiger partial charge in [-0.25, -0.2) is 0 Å². The fourth-order valence-corrected chi connectivity index (χ4v) is 3.31. The van der Waals surface area contributed by atoms with Gasteiger partial charge >= 0.3 is 0 Å². The number of halogens is 2. The van der Waals surface area contributed by atoms with Crippen LogP contribution in [-0.4, -0.2) is 18.1 Å². The number of ether oxygens (including phenoxy) is 1. The number of anilines is 1. The molecule has 0 aromatic heterocycles. The zero-order chi connectivity index (χ0) is 14.2. The van der Waals surface area contributed by atoms with Crippen LogP contribution in [0.15, 0.2) is 22.7 Å². The summed E-state index contributed by atoms with van der Waals surface area (Å²) >= 11 is 9.28. The molecule has 1 aliphatic heterocycles. The van der Waals surface area contributed by atoms with Gasteiger partial charge in [0.2, 0.25) is 5.91 Å². The number of carbonyl (C=O) groups excluding carboxylic acids is 1. The van der Waals surface area contributed by atoms with Crippen molar-refractivity contribution in [2.75, 3.05) is 5.32 Å². The maximum absolute atomic E-state index is 12.4. The van der Waals surface area contributed by atoms with Crippen molar-refractivity contribution < 1.29 is 9.53 Å². The second kappa shape index (κ2) is 5.81. The van der Waals surface area contributed by atoms with Gasteiger partial charge in [-0.15, -0.1) is 0 Å². The van der Waals surface area contributed by atoms with Gasteiger partial charge < -0.3 is 10.1 Å². The molecule has 0 radical (unpaired) electrons. The first-order valence-electron chi connectivity index (χ1n) is 6.31. The SMILES string of the molecule is CC1OC(C)C(C(=O)Nc2ccc(Cl)cc2Br)C1C. The third-order valence-electron chi connectivity index (χ3n) is 3.73. The Hall–Kier alpha value is -0.580. The molecule has 1 aromatic carbocycles. The van der Waals surface area contributed by atoms with E-state index in [1.54, 1.807) is 18.2 Å². The van der Waals surface area contributed by atoms with Crippen LogP contribution in [0, 0.1) is 11.8 Å². The number of amides is 1. The molecule has 0 saturated carbocycles. The molecule has 1 saturated heterocycles. The van der Waals surface area contributed by atoms with E-state index in [-0.39, 0.29) is 30.0 Å².